The van der Waals surface area contributed by atoms with Crippen molar-refractivity contribution in [2.75, 3.05) is 0 Å². The van der Waals surface area contributed by atoms with Crippen molar-refractivity contribution in [2.24, 2.45) is 0 Å². The molecule has 0 radical (unpaired) electrons. The van der Waals surface area contributed by atoms with Crippen molar-refractivity contribution in [2.45, 2.75) is 19.5 Å². The third-order valence-electron chi connectivity index (χ3n) is 2.46. The molecule has 1 unspecified atom stereocenters. The minimum Gasteiger partial charge on any atom is -0.303 e. The molecule has 1 heterocycles. The van der Waals surface area contributed by atoms with Gasteiger partial charge in [0.2, 0.25) is 0 Å². The molecule has 6 heteroatoms. The molecule has 0 aliphatic carbocycles. The number of nitrogens with one attached hydrogen (secondary N) is 2. The summed E-state index contributed by atoms with van der Waals surface area (Å²) in [5, 5.41) is 10.1. The lowest BCUT2D eigenvalue weighted by Crippen LogP contribution is -2.19. The van der Waals surface area contributed by atoms with Gasteiger partial charge in [0.15, 0.2) is 0 Å². The van der Waals surface area contributed by atoms with Crippen LogP contribution in [-0.2, 0) is 6.54 Å². The van der Waals surface area contributed by atoms with E-state index >= 15 is 0 Å². The molecule has 0 saturated carbocycles. The summed E-state index contributed by atoms with van der Waals surface area (Å²) >= 11 is 5.68. The van der Waals surface area contributed by atoms with Crippen molar-refractivity contribution in [3.63, 3.8) is 0 Å². The van der Waals surface area contributed by atoms with Crippen molar-refractivity contribution >= 4 is 11.6 Å². The van der Waals surface area contributed by atoms with Gasteiger partial charge in [-0.05, 0) is 19.1 Å². The fourth-order valence-corrected chi connectivity index (χ4v) is 1.61. The highest BCUT2D eigenvalue weighted by Crippen LogP contribution is 2.15. The van der Waals surface area contributed by atoms with Crippen LogP contribution in [0.1, 0.15) is 24.4 Å². The first kappa shape index (κ1) is 12.0. The summed E-state index contributed by atoms with van der Waals surface area (Å²) < 4.78 is 13.5. The molecule has 4 nitrogen and oxygen atoms in total. The first-order valence-corrected chi connectivity index (χ1v) is 5.57. The molecule has 0 aliphatic rings. The molecule has 90 valence electrons. The summed E-state index contributed by atoms with van der Waals surface area (Å²) in [5.41, 5.74) is 0.570. The molecule has 0 fully saturated rings. The van der Waals surface area contributed by atoms with Crippen LogP contribution in [-0.4, -0.2) is 15.2 Å². The van der Waals surface area contributed by atoms with Gasteiger partial charge in [-0.2, -0.15) is 5.10 Å². The van der Waals surface area contributed by atoms with E-state index in [0.29, 0.717) is 17.1 Å². The average molecular weight is 255 g/mol. The van der Waals surface area contributed by atoms with Crippen molar-refractivity contribution in [3.8, 4) is 0 Å². The molecule has 1 atom stereocenters. The highest BCUT2D eigenvalue weighted by atomic mass is 35.5. The molecule has 0 aliphatic heterocycles. The van der Waals surface area contributed by atoms with Gasteiger partial charge in [0, 0.05) is 17.1 Å². The van der Waals surface area contributed by atoms with E-state index in [4.69, 9.17) is 11.6 Å². The molecule has 2 N–H and O–H groups in total. The molecule has 1 aromatic heterocycles. The van der Waals surface area contributed by atoms with Gasteiger partial charge in [-0.1, -0.05) is 17.7 Å². The standard InChI is InChI=1S/C11H12ClFN4/c1-7(11-15-6-16-17-11)14-5-8-2-3-9(12)4-10(8)13/h2-4,6-7,14H,5H2,1H3,(H,15,16,17). The number of aromatic amines is 1. The van der Waals surface area contributed by atoms with E-state index in [0.717, 1.165) is 5.82 Å². The van der Waals surface area contributed by atoms with Crippen molar-refractivity contribution in [1.82, 2.24) is 20.5 Å². The molecule has 17 heavy (non-hydrogen) atoms. The van der Waals surface area contributed by atoms with Crippen LogP contribution in [0.15, 0.2) is 24.5 Å². The van der Waals surface area contributed by atoms with Gasteiger partial charge in [0.25, 0.3) is 0 Å². The first-order valence-electron chi connectivity index (χ1n) is 5.19. The minimum atomic E-state index is -0.310. The summed E-state index contributed by atoms with van der Waals surface area (Å²) in [4.78, 5) is 4.02. The normalized spacial score (nSPS) is 12.6. The van der Waals surface area contributed by atoms with Gasteiger partial charge in [0.05, 0.1) is 6.04 Å². The lowest BCUT2D eigenvalue weighted by atomic mass is 10.2. The Morgan fingerprint density at radius 1 is 1.53 bits per heavy atom. The van der Waals surface area contributed by atoms with Gasteiger partial charge >= 0.3 is 0 Å². The predicted molar refractivity (Wildman–Crippen MR) is 63.0 cm³/mol. The number of rotatable bonds is 4. The number of hydrogen-bond acceptors (Lipinski definition) is 3. The Morgan fingerprint density at radius 2 is 2.35 bits per heavy atom. The van der Waals surface area contributed by atoms with Gasteiger partial charge in [-0.25, -0.2) is 9.37 Å². The molecule has 2 aromatic rings. The SMILES string of the molecule is CC(NCc1ccc(Cl)cc1F)c1ncn[nH]1. The van der Waals surface area contributed by atoms with Crippen LogP contribution in [0.25, 0.3) is 0 Å². The zero-order valence-corrected chi connectivity index (χ0v) is 10.0. The largest absolute Gasteiger partial charge is 0.303 e. The Balaban J connectivity index is 1.98. The van der Waals surface area contributed by atoms with E-state index in [1.165, 1.54) is 12.4 Å². The number of nitrogens with zero attached hydrogens (tertiary/aromatic N) is 2. The molecular formula is C11H12ClFN4. The molecular weight excluding hydrogens is 243 g/mol. The maximum absolute atomic E-state index is 13.5. The fourth-order valence-electron chi connectivity index (χ4n) is 1.45. The quantitative estimate of drug-likeness (QED) is 0.881. The highest BCUT2D eigenvalue weighted by molar-refractivity contribution is 6.30. The van der Waals surface area contributed by atoms with E-state index in [2.05, 4.69) is 20.5 Å². The van der Waals surface area contributed by atoms with Crippen LogP contribution in [0.3, 0.4) is 0 Å². The predicted octanol–water partition coefficient (Wildman–Crippen LogP) is 2.45. The van der Waals surface area contributed by atoms with Crippen molar-refractivity contribution in [1.29, 1.82) is 0 Å². The molecule has 0 saturated heterocycles. The highest BCUT2D eigenvalue weighted by Gasteiger charge is 2.09. The second-order valence-corrected chi connectivity index (χ2v) is 4.15. The van der Waals surface area contributed by atoms with Crippen molar-refractivity contribution in [3.05, 3.63) is 46.8 Å². The number of aromatic nitrogens is 3. The van der Waals surface area contributed by atoms with Gasteiger partial charge in [-0.3, -0.25) is 5.10 Å². The van der Waals surface area contributed by atoms with E-state index in [9.17, 15) is 4.39 Å². The molecule has 1 aromatic carbocycles. The maximum Gasteiger partial charge on any atom is 0.141 e. The maximum atomic E-state index is 13.5. The molecule has 0 amide bonds. The summed E-state index contributed by atoms with van der Waals surface area (Å²) in [6, 6.07) is 4.61. The number of halogens is 2. The molecule has 2 rings (SSSR count). The Bertz CT molecular complexity index is 486. The van der Waals surface area contributed by atoms with Gasteiger partial charge in [-0.15, -0.1) is 0 Å². The summed E-state index contributed by atoms with van der Waals surface area (Å²) in [6.45, 7) is 2.33. The van der Waals surface area contributed by atoms with Crippen LogP contribution >= 0.6 is 11.6 Å². The monoisotopic (exact) mass is 254 g/mol. The Morgan fingerprint density at radius 3 is 3.00 bits per heavy atom. The topological polar surface area (TPSA) is 53.6 Å². The Kier molecular flexibility index (Phi) is 3.71. The van der Waals surface area contributed by atoms with Crippen LogP contribution in [0, 0.1) is 5.82 Å². The van der Waals surface area contributed by atoms with E-state index in [-0.39, 0.29) is 11.9 Å². The van der Waals surface area contributed by atoms with Crippen LogP contribution in [0.5, 0.6) is 0 Å². The van der Waals surface area contributed by atoms with Gasteiger partial charge in [0.1, 0.15) is 18.0 Å². The fraction of sp³-hybridized carbons (Fsp3) is 0.273. The second-order valence-electron chi connectivity index (χ2n) is 3.71. The molecule has 0 spiro atoms. The van der Waals surface area contributed by atoms with E-state index in [1.807, 2.05) is 6.92 Å². The minimum absolute atomic E-state index is 0.0208. The Labute approximate surface area is 103 Å². The Hall–Kier alpha value is -1.46. The van der Waals surface area contributed by atoms with Crippen molar-refractivity contribution < 1.29 is 4.39 Å². The van der Waals surface area contributed by atoms with Crippen LogP contribution in [0.2, 0.25) is 5.02 Å². The lowest BCUT2D eigenvalue weighted by molar-refractivity contribution is 0.527. The number of hydrogen-bond donors (Lipinski definition) is 2. The summed E-state index contributed by atoms with van der Waals surface area (Å²) in [7, 11) is 0. The second kappa shape index (κ2) is 5.25. The van der Waals surface area contributed by atoms with E-state index < -0.39 is 0 Å². The average Bonchev–Trinajstić information content (AvgIpc) is 2.81. The van der Waals surface area contributed by atoms with Crippen LogP contribution in [0.4, 0.5) is 4.39 Å². The number of benzene rings is 1. The zero-order valence-electron chi connectivity index (χ0n) is 9.24. The third kappa shape index (κ3) is 3.01. The first-order chi connectivity index (χ1) is 8.16. The smallest absolute Gasteiger partial charge is 0.141 e. The summed E-state index contributed by atoms with van der Waals surface area (Å²) in [5.74, 6) is 0.411. The third-order valence-corrected chi connectivity index (χ3v) is 2.69. The molecule has 0 bridgehead atoms. The lowest BCUT2D eigenvalue weighted by Gasteiger charge is -2.11. The van der Waals surface area contributed by atoms with Gasteiger partial charge < -0.3 is 5.32 Å². The summed E-state index contributed by atoms with van der Waals surface area (Å²) in [6.07, 6.45) is 1.44. The number of H-pyrrole nitrogens is 1. The van der Waals surface area contributed by atoms with Crippen LogP contribution < -0.4 is 5.32 Å². The van der Waals surface area contributed by atoms with E-state index in [1.54, 1.807) is 12.1 Å². The zero-order chi connectivity index (χ0) is 12.3.